The molecule has 0 aliphatic carbocycles. The minimum absolute atomic E-state index is 0.104. The van der Waals surface area contributed by atoms with Crippen LogP contribution in [0.1, 0.15) is 18.7 Å². The van der Waals surface area contributed by atoms with Crippen molar-refractivity contribution in [2.24, 2.45) is 0 Å². The maximum Gasteiger partial charge on any atom is 0.201 e. The van der Waals surface area contributed by atoms with Crippen LogP contribution in [0.15, 0.2) is 42.6 Å². The summed E-state index contributed by atoms with van der Waals surface area (Å²) in [5, 5.41) is 0. The van der Waals surface area contributed by atoms with E-state index in [1.165, 1.54) is 6.07 Å². The molecule has 0 aliphatic heterocycles. The third-order valence-corrected chi connectivity index (χ3v) is 3.20. The number of aromatic nitrogens is 3. The lowest BCUT2D eigenvalue weighted by molar-refractivity contribution is 0.635. The predicted octanol–water partition coefficient (Wildman–Crippen LogP) is 2.76. The molecule has 96 valence electrons. The summed E-state index contributed by atoms with van der Waals surface area (Å²) in [5.74, 6) is -0.0746. The van der Waals surface area contributed by atoms with E-state index in [9.17, 15) is 4.39 Å². The average molecular weight is 256 g/mol. The lowest BCUT2D eigenvalue weighted by Gasteiger charge is -2.15. The number of hydrogen-bond acceptors (Lipinski definition) is 3. The molecule has 0 saturated heterocycles. The summed E-state index contributed by atoms with van der Waals surface area (Å²) in [6, 6.07) is 10.4. The van der Waals surface area contributed by atoms with Crippen molar-refractivity contribution in [1.29, 1.82) is 0 Å². The Bertz CT molecular complexity index is 721. The first-order valence-corrected chi connectivity index (χ1v) is 6.01. The van der Waals surface area contributed by atoms with E-state index < -0.39 is 0 Å². The molecule has 1 unspecified atom stereocenters. The number of nitrogen functional groups attached to an aromatic ring is 1. The summed E-state index contributed by atoms with van der Waals surface area (Å²) >= 11 is 0. The molecule has 0 bridgehead atoms. The van der Waals surface area contributed by atoms with Crippen LogP contribution in [0.2, 0.25) is 0 Å². The van der Waals surface area contributed by atoms with Gasteiger partial charge in [0.25, 0.3) is 0 Å². The van der Waals surface area contributed by atoms with E-state index in [0.29, 0.717) is 17.0 Å². The number of nitrogens with zero attached hydrogens (tertiary/aromatic N) is 3. The molecule has 0 saturated carbocycles. The normalized spacial score (nSPS) is 12.7. The van der Waals surface area contributed by atoms with E-state index >= 15 is 0 Å². The summed E-state index contributed by atoms with van der Waals surface area (Å²) in [6.45, 7) is 1.96. The Labute approximate surface area is 109 Å². The molecular formula is C14H13FN4. The lowest BCUT2D eigenvalue weighted by Crippen LogP contribution is -2.11. The fraction of sp³-hybridized carbons (Fsp3) is 0.143. The number of pyridine rings is 1. The van der Waals surface area contributed by atoms with Gasteiger partial charge in [-0.1, -0.05) is 12.1 Å². The van der Waals surface area contributed by atoms with Gasteiger partial charge in [-0.25, -0.2) is 9.37 Å². The second kappa shape index (κ2) is 4.35. The maximum absolute atomic E-state index is 13.7. The third kappa shape index (κ3) is 1.83. The van der Waals surface area contributed by atoms with E-state index in [2.05, 4.69) is 9.97 Å². The Morgan fingerprint density at radius 3 is 2.79 bits per heavy atom. The van der Waals surface area contributed by atoms with Crippen LogP contribution in [0.25, 0.3) is 11.0 Å². The van der Waals surface area contributed by atoms with Gasteiger partial charge in [0.05, 0.1) is 17.3 Å². The molecule has 2 heterocycles. The van der Waals surface area contributed by atoms with Crippen LogP contribution in [-0.2, 0) is 0 Å². The van der Waals surface area contributed by atoms with E-state index in [1.807, 2.05) is 25.1 Å². The molecule has 0 radical (unpaired) electrons. The maximum atomic E-state index is 13.7. The smallest absolute Gasteiger partial charge is 0.201 e. The van der Waals surface area contributed by atoms with Crippen molar-refractivity contribution in [3.8, 4) is 0 Å². The summed E-state index contributed by atoms with van der Waals surface area (Å²) in [4.78, 5) is 8.40. The van der Waals surface area contributed by atoms with Gasteiger partial charge in [0.1, 0.15) is 5.52 Å². The predicted molar refractivity (Wildman–Crippen MR) is 72.2 cm³/mol. The molecule has 1 atom stereocenters. The van der Waals surface area contributed by atoms with E-state index in [4.69, 9.17) is 5.73 Å². The standard InChI is InChI=1S/C14H13FN4/c1-9(11-6-2-3-8-17-11)19-12-7-4-5-10(15)13(12)18-14(19)16/h2-9H,1H3,(H2,16,18). The lowest BCUT2D eigenvalue weighted by atomic mass is 10.2. The number of imidazole rings is 1. The summed E-state index contributed by atoms with van der Waals surface area (Å²) in [6.07, 6.45) is 1.72. The van der Waals surface area contributed by atoms with Crippen LogP contribution in [0.5, 0.6) is 0 Å². The highest BCUT2D eigenvalue weighted by Gasteiger charge is 2.17. The van der Waals surface area contributed by atoms with Crippen LogP contribution in [0.4, 0.5) is 10.3 Å². The molecule has 0 spiro atoms. The second-order valence-electron chi connectivity index (χ2n) is 4.38. The highest BCUT2D eigenvalue weighted by Crippen LogP contribution is 2.27. The van der Waals surface area contributed by atoms with Crippen LogP contribution in [-0.4, -0.2) is 14.5 Å². The highest BCUT2D eigenvalue weighted by atomic mass is 19.1. The molecule has 19 heavy (non-hydrogen) atoms. The second-order valence-corrected chi connectivity index (χ2v) is 4.38. The number of nitrogens with two attached hydrogens (primary N) is 1. The first-order chi connectivity index (χ1) is 9.18. The SMILES string of the molecule is CC(c1ccccn1)n1c(N)nc2c(F)cccc21. The summed E-state index contributed by atoms with van der Waals surface area (Å²) < 4.78 is 15.5. The molecule has 5 heteroatoms. The Hall–Kier alpha value is -2.43. The van der Waals surface area contributed by atoms with E-state index in [0.717, 1.165) is 5.69 Å². The number of hydrogen-bond donors (Lipinski definition) is 1. The van der Waals surface area contributed by atoms with Gasteiger partial charge in [0.15, 0.2) is 5.82 Å². The molecule has 3 rings (SSSR count). The largest absolute Gasteiger partial charge is 0.369 e. The van der Waals surface area contributed by atoms with Gasteiger partial charge in [-0.05, 0) is 31.2 Å². The topological polar surface area (TPSA) is 56.7 Å². The summed E-state index contributed by atoms with van der Waals surface area (Å²) in [7, 11) is 0. The number of benzene rings is 1. The van der Waals surface area contributed by atoms with Gasteiger partial charge in [-0.15, -0.1) is 0 Å². The zero-order valence-corrected chi connectivity index (χ0v) is 10.4. The average Bonchev–Trinajstić information content (AvgIpc) is 2.77. The minimum Gasteiger partial charge on any atom is -0.369 e. The van der Waals surface area contributed by atoms with E-state index in [-0.39, 0.29) is 11.9 Å². The molecule has 0 aliphatic rings. The van der Waals surface area contributed by atoms with Gasteiger partial charge in [-0.2, -0.15) is 0 Å². The number of fused-ring (bicyclic) bond motifs is 1. The van der Waals surface area contributed by atoms with Gasteiger partial charge in [-0.3, -0.25) is 4.98 Å². The quantitative estimate of drug-likeness (QED) is 0.767. The Balaban J connectivity index is 2.20. The molecule has 2 N–H and O–H groups in total. The van der Waals surface area contributed by atoms with Gasteiger partial charge in [0, 0.05) is 6.20 Å². The van der Waals surface area contributed by atoms with Crippen LogP contribution in [0, 0.1) is 5.82 Å². The van der Waals surface area contributed by atoms with Gasteiger partial charge >= 0.3 is 0 Å². The molecule has 0 fully saturated rings. The van der Waals surface area contributed by atoms with Crippen molar-refractivity contribution < 1.29 is 4.39 Å². The van der Waals surface area contributed by atoms with Crippen LogP contribution in [0.3, 0.4) is 0 Å². The fourth-order valence-corrected chi connectivity index (χ4v) is 2.26. The number of para-hydroxylation sites is 1. The Kier molecular flexibility index (Phi) is 2.67. The minimum atomic E-state index is -0.365. The Morgan fingerprint density at radius 1 is 1.21 bits per heavy atom. The molecule has 3 aromatic rings. The van der Waals surface area contributed by atoms with E-state index in [1.54, 1.807) is 22.9 Å². The highest BCUT2D eigenvalue weighted by molar-refractivity contribution is 5.79. The van der Waals surface area contributed by atoms with Crippen molar-refractivity contribution in [3.05, 3.63) is 54.1 Å². The zero-order chi connectivity index (χ0) is 13.4. The monoisotopic (exact) mass is 256 g/mol. The number of rotatable bonds is 2. The molecule has 1 aromatic carbocycles. The van der Waals surface area contributed by atoms with Crippen LogP contribution < -0.4 is 5.73 Å². The van der Waals surface area contributed by atoms with Crippen LogP contribution >= 0.6 is 0 Å². The molecular weight excluding hydrogens is 243 g/mol. The van der Waals surface area contributed by atoms with Crippen molar-refractivity contribution in [3.63, 3.8) is 0 Å². The first kappa shape index (κ1) is 11.6. The van der Waals surface area contributed by atoms with Crippen molar-refractivity contribution in [2.45, 2.75) is 13.0 Å². The van der Waals surface area contributed by atoms with Crippen molar-refractivity contribution in [1.82, 2.24) is 14.5 Å². The molecule has 0 amide bonds. The fourth-order valence-electron chi connectivity index (χ4n) is 2.26. The van der Waals surface area contributed by atoms with Gasteiger partial charge < -0.3 is 10.3 Å². The van der Waals surface area contributed by atoms with Crippen molar-refractivity contribution in [2.75, 3.05) is 5.73 Å². The zero-order valence-electron chi connectivity index (χ0n) is 10.4. The number of halogens is 1. The Morgan fingerprint density at radius 2 is 2.05 bits per heavy atom. The van der Waals surface area contributed by atoms with Gasteiger partial charge in [0.2, 0.25) is 5.95 Å². The van der Waals surface area contributed by atoms with Crippen molar-refractivity contribution >= 4 is 17.0 Å². The molecule has 2 aromatic heterocycles. The first-order valence-electron chi connectivity index (χ1n) is 6.01. The summed E-state index contributed by atoms with van der Waals surface area (Å²) in [5.41, 5.74) is 7.75. The molecule has 4 nitrogen and oxygen atoms in total. The third-order valence-electron chi connectivity index (χ3n) is 3.20. The number of anilines is 1.